The zero-order chi connectivity index (χ0) is 16.5. The Morgan fingerprint density at radius 3 is 2.65 bits per heavy atom. The van der Waals surface area contributed by atoms with Crippen molar-refractivity contribution in [3.8, 4) is 0 Å². The van der Waals surface area contributed by atoms with Gasteiger partial charge < -0.3 is 20.4 Å². The molecule has 1 amide bonds. The molecular weight excluding hydrogens is 310 g/mol. The number of carbonyl (C=O) groups is 1. The minimum atomic E-state index is -0.0144. The van der Waals surface area contributed by atoms with Crippen LogP contribution in [0.1, 0.15) is 20.3 Å². The van der Waals surface area contributed by atoms with Crippen LogP contribution in [0, 0.1) is 0 Å². The van der Waals surface area contributed by atoms with Crippen molar-refractivity contribution >= 4 is 28.2 Å². The fraction of sp³-hybridized carbons (Fsp3) is 0.625. The summed E-state index contributed by atoms with van der Waals surface area (Å²) in [7, 11) is 0. The number of amides is 1. The molecule has 0 spiro atoms. The molecule has 0 radical (unpaired) electrons. The van der Waals surface area contributed by atoms with Crippen LogP contribution >= 0.6 is 11.3 Å². The molecule has 0 aromatic carbocycles. The molecule has 1 aromatic rings. The Morgan fingerprint density at radius 1 is 1.26 bits per heavy atom. The molecule has 1 aliphatic heterocycles. The lowest BCUT2D eigenvalue weighted by molar-refractivity contribution is -0.119. The number of hydrogen-bond donors (Lipinski definition) is 2. The Balaban J connectivity index is 1.87. The van der Waals surface area contributed by atoms with Crippen LogP contribution in [0.4, 0.5) is 5.00 Å². The van der Waals surface area contributed by atoms with E-state index in [-0.39, 0.29) is 12.5 Å². The molecule has 0 unspecified atom stereocenters. The summed E-state index contributed by atoms with van der Waals surface area (Å²) in [6.07, 6.45) is 0.945. The van der Waals surface area contributed by atoms with Gasteiger partial charge >= 0.3 is 0 Å². The summed E-state index contributed by atoms with van der Waals surface area (Å²) in [6, 6.07) is 4.25. The Morgan fingerprint density at radius 2 is 2.04 bits per heavy atom. The first-order chi connectivity index (χ1) is 11.2. The van der Waals surface area contributed by atoms with Crippen molar-refractivity contribution in [2.24, 2.45) is 4.99 Å². The van der Waals surface area contributed by atoms with Crippen LogP contribution in [0.25, 0.3) is 0 Å². The lowest BCUT2D eigenvalue weighted by atomic mass is 10.3. The number of anilines is 1. The topological polar surface area (TPSA) is 60.0 Å². The van der Waals surface area contributed by atoms with E-state index in [2.05, 4.69) is 49.9 Å². The van der Waals surface area contributed by atoms with Crippen LogP contribution in [0.15, 0.2) is 22.5 Å². The average Bonchev–Trinajstić information content (AvgIpc) is 3.11. The highest BCUT2D eigenvalue weighted by Gasteiger charge is 2.20. The minimum absolute atomic E-state index is 0.0144. The minimum Gasteiger partial charge on any atom is -0.360 e. The van der Waals surface area contributed by atoms with E-state index in [0.717, 1.165) is 45.1 Å². The highest BCUT2D eigenvalue weighted by atomic mass is 32.1. The maximum atomic E-state index is 11.7. The third-order valence-corrected chi connectivity index (χ3v) is 4.61. The Bertz CT molecular complexity index is 495. The summed E-state index contributed by atoms with van der Waals surface area (Å²) in [5.74, 6) is 0.824. The predicted octanol–water partition coefficient (Wildman–Crippen LogP) is 1.36. The first kappa shape index (κ1) is 17.6. The Hall–Kier alpha value is -1.76. The maximum absolute atomic E-state index is 11.7. The van der Waals surface area contributed by atoms with Crippen LogP contribution in [-0.2, 0) is 4.79 Å². The first-order valence-corrected chi connectivity index (χ1v) is 9.21. The van der Waals surface area contributed by atoms with E-state index < -0.39 is 0 Å². The SMILES string of the molecule is CCCNC(=O)CN=C(NCC)N1CCN(c2cccs2)CC1. The van der Waals surface area contributed by atoms with E-state index in [9.17, 15) is 4.79 Å². The van der Waals surface area contributed by atoms with Gasteiger partial charge in [-0.2, -0.15) is 0 Å². The van der Waals surface area contributed by atoms with Crippen molar-refractivity contribution in [1.29, 1.82) is 0 Å². The molecule has 0 atom stereocenters. The standard InChI is InChI=1S/C16H27N5OS/c1-3-7-18-14(22)13-19-16(17-4-2)21-10-8-20(9-11-21)15-6-5-12-23-15/h5-6,12H,3-4,7-11,13H2,1-2H3,(H,17,19)(H,18,22). The second-order valence-electron chi connectivity index (χ2n) is 5.45. The van der Waals surface area contributed by atoms with Gasteiger partial charge in [0.2, 0.25) is 5.91 Å². The molecule has 0 aliphatic carbocycles. The van der Waals surface area contributed by atoms with Crippen LogP contribution in [0.3, 0.4) is 0 Å². The van der Waals surface area contributed by atoms with E-state index in [4.69, 9.17) is 0 Å². The summed E-state index contributed by atoms with van der Waals surface area (Å²) < 4.78 is 0. The number of rotatable bonds is 6. The van der Waals surface area contributed by atoms with Crippen LogP contribution < -0.4 is 15.5 Å². The molecule has 23 heavy (non-hydrogen) atoms. The molecule has 1 aromatic heterocycles. The summed E-state index contributed by atoms with van der Waals surface area (Å²) in [4.78, 5) is 20.8. The van der Waals surface area contributed by atoms with Gasteiger partial charge in [-0.1, -0.05) is 6.92 Å². The number of nitrogens with one attached hydrogen (secondary N) is 2. The number of thiophene rings is 1. The number of carbonyl (C=O) groups excluding carboxylic acids is 1. The number of aliphatic imine (C=N–C) groups is 1. The van der Waals surface area contributed by atoms with E-state index in [1.165, 1.54) is 5.00 Å². The fourth-order valence-corrected chi connectivity index (χ4v) is 3.27. The van der Waals surface area contributed by atoms with Crippen molar-refractivity contribution in [3.63, 3.8) is 0 Å². The molecular formula is C16H27N5OS. The summed E-state index contributed by atoms with van der Waals surface area (Å²) in [5, 5.41) is 9.59. The molecule has 1 fully saturated rings. The monoisotopic (exact) mass is 337 g/mol. The quantitative estimate of drug-likeness (QED) is 0.608. The summed E-state index contributed by atoms with van der Waals surface area (Å²) in [5.41, 5.74) is 0. The molecule has 6 nitrogen and oxygen atoms in total. The zero-order valence-corrected chi connectivity index (χ0v) is 14.9. The fourth-order valence-electron chi connectivity index (χ4n) is 2.48. The smallest absolute Gasteiger partial charge is 0.241 e. The third-order valence-electron chi connectivity index (χ3n) is 3.68. The molecule has 1 aliphatic rings. The largest absolute Gasteiger partial charge is 0.360 e. The molecule has 0 saturated carbocycles. The van der Waals surface area contributed by atoms with Gasteiger partial charge in [0, 0.05) is 39.3 Å². The van der Waals surface area contributed by atoms with Crippen LogP contribution in [-0.4, -0.2) is 62.6 Å². The van der Waals surface area contributed by atoms with E-state index >= 15 is 0 Å². The maximum Gasteiger partial charge on any atom is 0.241 e. The van der Waals surface area contributed by atoms with Crippen molar-refractivity contribution in [2.45, 2.75) is 20.3 Å². The molecule has 2 rings (SSSR count). The molecule has 1 saturated heterocycles. The molecule has 0 bridgehead atoms. The number of piperazine rings is 1. The third kappa shape index (κ3) is 5.42. The molecule has 7 heteroatoms. The van der Waals surface area contributed by atoms with Gasteiger partial charge in [-0.3, -0.25) is 4.79 Å². The van der Waals surface area contributed by atoms with Crippen molar-refractivity contribution in [2.75, 3.05) is 50.7 Å². The second-order valence-corrected chi connectivity index (χ2v) is 6.37. The predicted molar refractivity (Wildman–Crippen MR) is 97.4 cm³/mol. The normalized spacial score (nSPS) is 15.7. The van der Waals surface area contributed by atoms with Crippen molar-refractivity contribution in [1.82, 2.24) is 15.5 Å². The molecule has 2 N–H and O–H groups in total. The van der Waals surface area contributed by atoms with Crippen molar-refractivity contribution < 1.29 is 4.79 Å². The molecule has 128 valence electrons. The second kappa shape index (κ2) is 9.39. The number of hydrogen-bond acceptors (Lipinski definition) is 4. The lowest BCUT2D eigenvalue weighted by Gasteiger charge is -2.37. The Kier molecular flexibility index (Phi) is 7.19. The molecule has 2 heterocycles. The van der Waals surface area contributed by atoms with E-state index in [1.807, 2.05) is 6.92 Å². The highest BCUT2D eigenvalue weighted by Crippen LogP contribution is 2.22. The summed E-state index contributed by atoms with van der Waals surface area (Å²) in [6.45, 7) is 9.59. The van der Waals surface area contributed by atoms with Gasteiger partial charge in [0.1, 0.15) is 6.54 Å². The van der Waals surface area contributed by atoms with Gasteiger partial charge in [-0.05, 0) is 30.9 Å². The average molecular weight is 337 g/mol. The van der Waals surface area contributed by atoms with Crippen molar-refractivity contribution in [3.05, 3.63) is 17.5 Å². The zero-order valence-electron chi connectivity index (χ0n) is 14.0. The summed E-state index contributed by atoms with van der Waals surface area (Å²) >= 11 is 1.78. The van der Waals surface area contributed by atoms with Crippen LogP contribution in [0.2, 0.25) is 0 Å². The number of nitrogens with zero attached hydrogens (tertiary/aromatic N) is 3. The van der Waals surface area contributed by atoms with Gasteiger partial charge in [0.15, 0.2) is 5.96 Å². The lowest BCUT2D eigenvalue weighted by Crippen LogP contribution is -2.52. The highest BCUT2D eigenvalue weighted by molar-refractivity contribution is 7.14. The van der Waals surface area contributed by atoms with Crippen LogP contribution in [0.5, 0.6) is 0 Å². The first-order valence-electron chi connectivity index (χ1n) is 8.33. The van der Waals surface area contributed by atoms with Gasteiger partial charge in [-0.15, -0.1) is 11.3 Å². The van der Waals surface area contributed by atoms with Gasteiger partial charge in [0.05, 0.1) is 5.00 Å². The van der Waals surface area contributed by atoms with E-state index in [1.54, 1.807) is 11.3 Å². The van der Waals surface area contributed by atoms with Gasteiger partial charge in [0.25, 0.3) is 0 Å². The van der Waals surface area contributed by atoms with Gasteiger partial charge in [-0.25, -0.2) is 4.99 Å². The van der Waals surface area contributed by atoms with E-state index in [0.29, 0.717) is 6.54 Å². The Labute approximate surface area is 142 Å². The number of guanidine groups is 1.